The first kappa shape index (κ1) is 14.0. The maximum Gasteiger partial charge on any atom is 0.233 e. The van der Waals surface area contributed by atoms with E-state index in [4.69, 9.17) is 0 Å². The second-order valence-corrected chi connectivity index (χ2v) is 6.76. The molecule has 1 atom stereocenters. The summed E-state index contributed by atoms with van der Waals surface area (Å²) in [6.07, 6.45) is 3.70. The third-order valence-corrected chi connectivity index (χ3v) is 5.23. The summed E-state index contributed by atoms with van der Waals surface area (Å²) >= 11 is 1.68. The van der Waals surface area contributed by atoms with E-state index in [1.165, 1.54) is 35.3 Å². The lowest BCUT2D eigenvalue weighted by Crippen LogP contribution is -2.52. The largest absolute Gasteiger partial charge is 0.337 e. The van der Waals surface area contributed by atoms with E-state index in [1.807, 2.05) is 4.90 Å². The highest BCUT2D eigenvalue weighted by Crippen LogP contribution is 2.27. The summed E-state index contributed by atoms with van der Waals surface area (Å²) in [6.45, 7) is 4.78. The van der Waals surface area contributed by atoms with Gasteiger partial charge in [-0.25, -0.2) is 0 Å². The minimum atomic E-state index is 0.268. The fourth-order valence-corrected chi connectivity index (χ4v) is 3.92. The molecule has 0 aromatic heterocycles. The van der Waals surface area contributed by atoms with Crippen LogP contribution in [0.4, 0.5) is 0 Å². The average molecular weight is 290 g/mol. The van der Waals surface area contributed by atoms with E-state index < -0.39 is 0 Å². The maximum atomic E-state index is 12.3. The SMILES string of the molecule is C[C@@H]1CNCCN1C(=O)CSc1ccc2c(c1)CCC2. The summed E-state index contributed by atoms with van der Waals surface area (Å²) in [4.78, 5) is 15.5. The van der Waals surface area contributed by atoms with Crippen LogP contribution in [0.5, 0.6) is 0 Å². The monoisotopic (exact) mass is 290 g/mol. The molecule has 1 heterocycles. The molecule has 1 aliphatic heterocycles. The summed E-state index contributed by atoms with van der Waals surface area (Å²) < 4.78 is 0. The first-order valence-electron chi connectivity index (χ1n) is 7.49. The Bertz CT molecular complexity index is 503. The third-order valence-electron chi connectivity index (χ3n) is 4.25. The van der Waals surface area contributed by atoms with Crippen LogP contribution in [0.25, 0.3) is 0 Å². The standard InChI is InChI=1S/C16H22N2OS/c1-12-10-17-7-8-18(12)16(19)11-20-15-6-5-13-3-2-4-14(13)9-15/h5-6,9,12,17H,2-4,7-8,10-11H2,1H3/t12-/m1/s1. The van der Waals surface area contributed by atoms with Crippen LogP contribution in [0.3, 0.4) is 0 Å². The van der Waals surface area contributed by atoms with Crippen molar-refractivity contribution in [3.8, 4) is 0 Å². The molecule has 108 valence electrons. The Hall–Kier alpha value is -1.00. The second kappa shape index (κ2) is 6.19. The molecule has 0 bridgehead atoms. The number of nitrogens with zero attached hydrogens (tertiary/aromatic N) is 1. The van der Waals surface area contributed by atoms with E-state index in [1.54, 1.807) is 11.8 Å². The summed E-state index contributed by atoms with van der Waals surface area (Å²) in [7, 11) is 0. The highest BCUT2D eigenvalue weighted by Gasteiger charge is 2.22. The molecule has 1 aromatic carbocycles. The molecule has 0 spiro atoms. The number of thioether (sulfide) groups is 1. The Morgan fingerprint density at radius 1 is 1.40 bits per heavy atom. The first-order valence-corrected chi connectivity index (χ1v) is 8.47. The van der Waals surface area contributed by atoms with Gasteiger partial charge in [0.1, 0.15) is 0 Å². The summed E-state index contributed by atoms with van der Waals surface area (Å²) in [5.41, 5.74) is 2.98. The van der Waals surface area contributed by atoms with Crippen molar-refractivity contribution < 1.29 is 4.79 Å². The predicted octanol–water partition coefficient (Wildman–Crippen LogP) is 2.09. The molecule has 1 fully saturated rings. The molecular weight excluding hydrogens is 268 g/mol. The predicted molar refractivity (Wildman–Crippen MR) is 83.2 cm³/mol. The van der Waals surface area contributed by atoms with Crippen molar-refractivity contribution in [2.45, 2.75) is 37.1 Å². The number of hydrogen-bond acceptors (Lipinski definition) is 3. The number of carbonyl (C=O) groups excluding carboxylic acids is 1. The van der Waals surface area contributed by atoms with Crippen molar-refractivity contribution in [1.29, 1.82) is 0 Å². The normalized spacial score (nSPS) is 21.9. The van der Waals surface area contributed by atoms with Gasteiger partial charge in [-0.15, -0.1) is 11.8 Å². The molecule has 1 N–H and O–H groups in total. The number of aryl methyl sites for hydroxylation is 2. The molecule has 0 unspecified atom stereocenters. The topological polar surface area (TPSA) is 32.3 Å². The molecule has 1 aromatic rings. The Kier molecular flexibility index (Phi) is 4.32. The second-order valence-electron chi connectivity index (χ2n) is 5.71. The molecule has 1 aliphatic carbocycles. The highest BCUT2D eigenvalue weighted by molar-refractivity contribution is 8.00. The van der Waals surface area contributed by atoms with Gasteiger partial charge in [-0.05, 0) is 49.4 Å². The van der Waals surface area contributed by atoms with Gasteiger partial charge in [-0.2, -0.15) is 0 Å². The Morgan fingerprint density at radius 3 is 3.10 bits per heavy atom. The van der Waals surface area contributed by atoms with Crippen LogP contribution in [0.1, 0.15) is 24.5 Å². The van der Waals surface area contributed by atoms with Gasteiger partial charge in [-0.3, -0.25) is 4.79 Å². The molecule has 4 heteroatoms. The van der Waals surface area contributed by atoms with Crippen LogP contribution < -0.4 is 5.32 Å². The highest BCUT2D eigenvalue weighted by atomic mass is 32.2. The van der Waals surface area contributed by atoms with Crippen molar-refractivity contribution in [2.75, 3.05) is 25.4 Å². The molecule has 3 nitrogen and oxygen atoms in total. The maximum absolute atomic E-state index is 12.3. The van der Waals surface area contributed by atoms with E-state index in [0.29, 0.717) is 11.8 Å². The van der Waals surface area contributed by atoms with Crippen LogP contribution >= 0.6 is 11.8 Å². The van der Waals surface area contributed by atoms with Crippen molar-refractivity contribution in [2.24, 2.45) is 0 Å². The van der Waals surface area contributed by atoms with Gasteiger partial charge < -0.3 is 10.2 Å². The van der Waals surface area contributed by atoms with Crippen LogP contribution in [-0.4, -0.2) is 42.2 Å². The number of rotatable bonds is 3. The smallest absolute Gasteiger partial charge is 0.233 e. The van der Waals surface area contributed by atoms with Gasteiger partial charge in [0.25, 0.3) is 0 Å². The lowest BCUT2D eigenvalue weighted by Gasteiger charge is -2.34. The number of amides is 1. The van der Waals surface area contributed by atoms with Gasteiger partial charge in [0, 0.05) is 30.6 Å². The molecule has 1 amide bonds. The summed E-state index contributed by atoms with van der Waals surface area (Å²) in [5.74, 6) is 0.827. The number of nitrogens with one attached hydrogen (secondary N) is 1. The third kappa shape index (κ3) is 3.01. The number of benzene rings is 1. The lowest BCUT2D eigenvalue weighted by atomic mass is 10.1. The van der Waals surface area contributed by atoms with Crippen molar-refractivity contribution in [3.05, 3.63) is 29.3 Å². The van der Waals surface area contributed by atoms with Crippen LogP contribution in [0, 0.1) is 0 Å². The molecule has 0 saturated carbocycles. The molecule has 2 aliphatic rings. The van der Waals surface area contributed by atoms with E-state index in [2.05, 4.69) is 30.4 Å². The Labute approximate surface area is 125 Å². The van der Waals surface area contributed by atoms with Gasteiger partial charge in [0.05, 0.1) is 5.75 Å². The molecule has 3 rings (SSSR count). The van der Waals surface area contributed by atoms with E-state index in [0.717, 1.165) is 19.6 Å². The zero-order valence-electron chi connectivity index (χ0n) is 12.0. The van der Waals surface area contributed by atoms with Crippen LogP contribution in [0.2, 0.25) is 0 Å². The zero-order valence-corrected chi connectivity index (χ0v) is 12.8. The summed E-state index contributed by atoms with van der Waals surface area (Å²) in [6, 6.07) is 7.00. The number of fused-ring (bicyclic) bond motifs is 1. The van der Waals surface area contributed by atoms with Gasteiger partial charge in [0.15, 0.2) is 0 Å². The Morgan fingerprint density at radius 2 is 2.25 bits per heavy atom. The van der Waals surface area contributed by atoms with E-state index >= 15 is 0 Å². The van der Waals surface area contributed by atoms with Gasteiger partial charge >= 0.3 is 0 Å². The summed E-state index contributed by atoms with van der Waals surface area (Å²) in [5, 5.41) is 3.32. The average Bonchev–Trinajstić information content (AvgIpc) is 2.92. The molecular formula is C16H22N2OS. The minimum Gasteiger partial charge on any atom is -0.337 e. The van der Waals surface area contributed by atoms with E-state index in [9.17, 15) is 4.79 Å². The van der Waals surface area contributed by atoms with Crippen molar-refractivity contribution in [3.63, 3.8) is 0 Å². The molecule has 0 radical (unpaired) electrons. The van der Waals surface area contributed by atoms with E-state index in [-0.39, 0.29) is 5.91 Å². The quantitative estimate of drug-likeness (QED) is 0.865. The van der Waals surface area contributed by atoms with Crippen LogP contribution in [-0.2, 0) is 17.6 Å². The fraction of sp³-hybridized carbons (Fsp3) is 0.562. The zero-order chi connectivity index (χ0) is 13.9. The number of piperazine rings is 1. The van der Waals surface area contributed by atoms with Gasteiger partial charge in [0.2, 0.25) is 5.91 Å². The van der Waals surface area contributed by atoms with Crippen molar-refractivity contribution in [1.82, 2.24) is 10.2 Å². The Balaban J connectivity index is 1.57. The molecule has 20 heavy (non-hydrogen) atoms. The van der Waals surface area contributed by atoms with Gasteiger partial charge in [-0.1, -0.05) is 6.07 Å². The minimum absolute atomic E-state index is 0.268. The number of carbonyl (C=O) groups is 1. The lowest BCUT2D eigenvalue weighted by molar-refractivity contribution is -0.131. The number of hydrogen-bond donors (Lipinski definition) is 1. The van der Waals surface area contributed by atoms with Crippen molar-refractivity contribution >= 4 is 17.7 Å². The fourth-order valence-electron chi connectivity index (χ4n) is 3.08. The van der Waals surface area contributed by atoms with Crippen LogP contribution in [0.15, 0.2) is 23.1 Å². The first-order chi connectivity index (χ1) is 9.74. The molecule has 1 saturated heterocycles.